The molecule has 4 nitrogen and oxygen atoms in total. The largest absolute Gasteiger partial charge is 0.317 e. The molecule has 0 fully saturated rings. The second-order valence-electron chi connectivity index (χ2n) is 3.02. The summed E-state index contributed by atoms with van der Waals surface area (Å²) in [6.45, 7) is 4.68. The number of aryl methyl sites for hydroxylation is 1. The van der Waals surface area contributed by atoms with E-state index in [4.69, 9.17) is 6.42 Å². The lowest BCUT2D eigenvalue weighted by molar-refractivity contribution is 0.600. The third-order valence-electron chi connectivity index (χ3n) is 1.99. The van der Waals surface area contributed by atoms with Crippen molar-refractivity contribution in [3.63, 3.8) is 0 Å². The van der Waals surface area contributed by atoms with Crippen LogP contribution < -0.4 is 5.32 Å². The minimum atomic E-state index is 0.762. The van der Waals surface area contributed by atoms with Crippen molar-refractivity contribution in [3.05, 3.63) is 12.2 Å². The Kier molecular flexibility index (Phi) is 4.73. The van der Waals surface area contributed by atoms with E-state index < -0.39 is 0 Å². The zero-order valence-electron chi connectivity index (χ0n) is 8.53. The summed E-state index contributed by atoms with van der Waals surface area (Å²) in [5.74, 6) is 3.59. The Labute approximate surface area is 84.7 Å². The van der Waals surface area contributed by atoms with Crippen LogP contribution in [0.3, 0.4) is 0 Å². The van der Waals surface area contributed by atoms with Crippen molar-refractivity contribution >= 4 is 0 Å². The van der Waals surface area contributed by atoms with Crippen LogP contribution in [0.25, 0.3) is 0 Å². The van der Waals surface area contributed by atoms with Gasteiger partial charge in [0.05, 0.1) is 6.54 Å². The van der Waals surface area contributed by atoms with Crippen LogP contribution in [0.5, 0.6) is 0 Å². The molecule has 0 radical (unpaired) electrons. The molecule has 0 aliphatic heterocycles. The van der Waals surface area contributed by atoms with Gasteiger partial charge in [0.1, 0.15) is 12.2 Å². The Bertz CT molecular complexity index is 297. The standard InChI is InChI=1S/C10H16N4/c1-3-5-6-7-11-8-10-13-12-9-14(10)4-2/h1,9,11H,4-8H2,2H3. The maximum Gasteiger partial charge on any atom is 0.146 e. The summed E-state index contributed by atoms with van der Waals surface area (Å²) in [7, 11) is 0. The number of nitrogens with zero attached hydrogens (tertiary/aromatic N) is 3. The Balaban J connectivity index is 2.21. The van der Waals surface area contributed by atoms with Crippen molar-refractivity contribution in [2.24, 2.45) is 0 Å². The third-order valence-corrected chi connectivity index (χ3v) is 1.99. The van der Waals surface area contributed by atoms with Crippen LogP contribution in [-0.2, 0) is 13.1 Å². The summed E-state index contributed by atoms with van der Waals surface area (Å²) in [6, 6.07) is 0. The molecular formula is C10H16N4. The Morgan fingerprint density at radius 2 is 2.50 bits per heavy atom. The van der Waals surface area contributed by atoms with E-state index in [0.717, 1.165) is 38.3 Å². The second-order valence-corrected chi connectivity index (χ2v) is 3.02. The van der Waals surface area contributed by atoms with Crippen LogP contribution in [-0.4, -0.2) is 21.3 Å². The fourth-order valence-corrected chi connectivity index (χ4v) is 1.20. The predicted molar refractivity (Wildman–Crippen MR) is 55.5 cm³/mol. The summed E-state index contributed by atoms with van der Waals surface area (Å²) < 4.78 is 2.02. The number of hydrogen-bond donors (Lipinski definition) is 1. The molecule has 1 heterocycles. The van der Waals surface area contributed by atoms with Crippen molar-refractivity contribution < 1.29 is 0 Å². The van der Waals surface area contributed by atoms with Gasteiger partial charge in [-0.15, -0.1) is 22.5 Å². The number of aromatic nitrogens is 3. The van der Waals surface area contributed by atoms with Crippen molar-refractivity contribution in [1.82, 2.24) is 20.1 Å². The van der Waals surface area contributed by atoms with Gasteiger partial charge in [-0.3, -0.25) is 0 Å². The van der Waals surface area contributed by atoms with E-state index in [9.17, 15) is 0 Å². The van der Waals surface area contributed by atoms with Gasteiger partial charge in [0.25, 0.3) is 0 Å². The van der Waals surface area contributed by atoms with Gasteiger partial charge < -0.3 is 9.88 Å². The lowest BCUT2D eigenvalue weighted by Crippen LogP contribution is -2.17. The molecule has 0 aliphatic rings. The molecule has 0 bridgehead atoms. The van der Waals surface area contributed by atoms with Gasteiger partial charge >= 0.3 is 0 Å². The zero-order chi connectivity index (χ0) is 10.2. The highest BCUT2D eigenvalue weighted by atomic mass is 15.3. The van der Waals surface area contributed by atoms with Crippen LogP contribution >= 0.6 is 0 Å². The maximum absolute atomic E-state index is 5.15. The van der Waals surface area contributed by atoms with Crippen LogP contribution in [0.4, 0.5) is 0 Å². The first-order chi connectivity index (χ1) is 6.88. The average Bonchev–Trinajstić information content (AvgIpc) is 2.65. The van der Waals surface area contributed by atoms with E-state index in [1.807, 2.05) is 4.57 Å². The molecule has 0 spiro atoms. The summed E-state index contributed by atoms with van der Waals surface area (Å²) in [6.07, 6.45) is 8.73. The highest BCUT2D eigenvalue weighted by Gasteiger charge is 2.00. The molecule has 0 saturated carbocycles. The molecular weight excluding hydrogens is 176 g/mol. The van der Waals surface area contributed by atoms with Gasteiger partial charge in [0, 0.05) is 13.0 Å². The van der Waals surface area contributed by atoms with E-state index in [0.29, 0.717) is 0 Å². The summed E-state index contributed by atoms with van der Waals surface area (Å²) >= 11 is 0. The number of rotatable bonds is 6. The monoisotopic (exact) mass is 192 g/mol. The van der Waals surface area contributed by atoms with Crippen LogP contribution in [0.2, 0.25) is 0 Å². The van der Waals surface area contributed by atoms with Crippen LogP contribution in [0, 0.1) is 12.3 Å². The highest BCUT2D eigenvalue weighted by molar-refractivity contribution is 4.85. The topological polar surface area (TPSA) is 42.7 Å². The highest BCUT2D eigenvalue weighted by Crippen LogP contribution is 1.94. The fraction of sp³-hybridized carbons (Fsp3) is 0.600. The van der Waals surface area contributed by atoms with E-state index in [1.54, 1.807) is 6.33 Å². The lowest BCUT2D eigenvalue weighted by atomic mass is 10.3. The molecule has 1 aromatic rings. The number of nitrogens with one attached hydrogen (secondary N) is 1. The summed E-state index contributed by atoms with van der Waals surface area (Å²) in [5, 5.41) is 11.1. The fourth-order valence-electron chi connectivity index (χ4n) is 1.20. The molecule has 1 rings (SSSR count). The predicted octanol–water partition coefficient (Wildman–Crippen LogP) is 0.801. The SMILES string of the molecule is C#CCCCNCc1nncn1CC. The second kappa shape index (κ2) is 6.17. The van der Waals surface area contributed by atoms with Gasteiger partial charge in [0.2, 0.25) is 0 Å². The van der Waals surface area contributed by atoms with E-state index in [-0.39, 0.29) is 0 Å². The molecule has 76 valence electrons. The lowest BCUT2D eigenvalue weighted by Gasteiger charge is -2.04. The average molecular weight is 192 g/mol. The van der Waals surface area contributed by atoms with Crippen molar-refractivity contribution in [1.29, 1.82) is 0 Å². The molecule has 0 saturated heterocycles. The van der Waals surface area contributed by atoms with Gasteiger partial charge in [-0.25, -0.2) is 0 Å². The maximum atomic E-state index is 5.15. The zero-order valence-corrected chi connectivity index (χ0v) is 8.53. The Morgan fingerprint density at radius 1 is 1.64 bits per heavy atom. The molecule has 14 heavy (non-hydrogen) atoms. The first-order valence-electron chi connectivity index (χ1n) is 4.89. The molecule has 0 atom stereocenters. The van der Waals surface area contributed by atoms with Gasteiger partial charge in [-0.05, 0) is 19.9 Å². The molecule has 0 unspecified atom stereocenters. The molecule has 4 heteroatoms. The van der Waals surface area contributed by atoms with Crippen LogP contribution in [0.1, 0.15) is 25.6 Å². The molecule has 1 aromatic heterocycles. The number of hydrogen-bond acceptors (Lipinski definition) is 3. The first kappa shape index (κ1) is 10.7. The smallest absolute Gasteiger partial charge is 0.146 e. The normalized spacial score (nSPS) is 10.0. The molecule has 1 N–H and O–H groups in total. The van der Waals surface area contributed by atoms with Gasteiger partial charge in [-0.1, -0.05) is 0 Å². The third kappa shape index (κ3) is 3.19. The van der Waals surface area contributed by atoms with Crippen molar-refractivity contribution in [3.8, 4) is 12.3 Å². The quantitative estimate of drug-likeness (QED) is 0.535. The van der Waals surface area contributed by atoms with Gasteiger partial charge in [0.15, 0.2) is 0 Å². The Morgan fingerprint density at radius 3 is 3.21 bits per heavy atom. The van der Waals surface area contributed by atoms with Crippen LogP contribution in [0.15, 0.2) is 6.33 Å². The number of terminal acetylenes is 1. The molecule has 0 aromatic carbocycles. The first-order valence-corrected chi connectivity index (χ1v) is 4.89. The molecule has 0 aliphatic carbocycles. The minimum absolute atomic E-state index is 0.762. The van der Waals surface area contributed by atoms with Crippen molar-refractivity contribution in [2.75, 3.05) is 6.54 Å². The van der Waals surface area contributed by atoms with E-state index >= 15 is 0 Å². The molecule has 0 amide bonds. The summed E-state index contributed by atoms with van der Waals surface area (Å²) in [4.78, 5) is 0. The Hall–Kier alpha value is -1.34. The minimum Gasteiger partial charge on any atom is -0.317 e. The number of unbranched alkanes of at least 4 members (excludes halogenated alkanes) is 1. The summed E-state index contributed by atoms with van der Waals surface area (Å²) in [5.41, 5.74) is 0. The van der Waals surface area contributed by atoms with Crippen molar-refractivity contribution in [2.45, 2.75) is 32.9 Å². The van der Waals surface area contributed by atoms with E-state index in [1.165, 1.54) is 0 Å². The van der Waals surface area contributed by atoms with Gasteiger partial charge in [-0.2, -0.15) is 0 Å². The van der Waals surface area contributed by atoms with E-state index in [2.05, 4.69) is 28.4 Å².